The van der Waals surface area contributed by atoms with Gasteiger partial charge in [0.05, 0.1) is 72.1 Å². The lowest BCUT2D eigenvalue weighted by Crippen LogP contribution is -2.51. The molecular formula is C49H56FN9O8S. The molecule has 68 heavy (non-hydrogen) atoms. The van der Waals surface area contributed by atoms with Crippen LogP contribution >= 0.6 is 11.3 Å². The van der Waals surface area contributed by atoms with Crippen LogP contribution < -0.4 is 15.4 Å². The van der Waals surface area contributed by atoms with Gasteiger partial charge >= 0.3 is 12.2 Å². The number of carbonyl (C=O) groups excluding carboxylic acids is 4. The van der Waals surface area contributed by atoms with Gasteiger partial charge in [0, 0.05) is 47.8 Å². The van der Waals surface area contributed by atoms with E-state index in [4.69, 9.17) is 23.9 Å². The summed E-state index contributed by atoms with van der Waals surface area (Å²) in [6, 6.07) is 13.1. The number of alkyl carbamates (subject to hydrolysis) is 2. The van der Waals surface area contributed by atoms with Crippen LogP contribution in [-0.2, 0) is 30.4 Å². The molecule has 4 N–H and O–H groups in total. The zero-order valence-electron chi connectivity index (χ0n) is 39.1. The summed E-state index contributed by atoms with van der Waals surface area (Å²) in [6.45, 7) is 8.97. The van der Waals surface area contributed by atoms with Gasteiger partial charge < -0.3 is 49.3 Å². The molecular weight excluding hydrogens is 894 g/mol. The van der Waals surface area contributed by atoms with Crippen LogP contribution in [0.15, 0.2) is 60.9 Å². The molecule has 0 radical (unpaired) electrons. The van der Waals surface area contributed by atoms with Gasteiger partial charge in [-0.2, -0.15) is 0 Å². The molecule has 0 spiro atoms. The highest BCUT2D eigenvalue weighted by Crippen LogP contribution is 2.48. The van der Waals surface area contributed by atoms with Gasteiger partial charge in [-0.15, -0.1) is 11.3 Å². The first-order valence-electron chi connectivity index (χ1n) is 22.9. The number of amides is 4. The largest absolute Gasteiger partial charge is 0.464 e. The van der Waals surface area contributed by atoms with Gasteiger partial charge in [0.15, 0.2) is 0 Å². The number of rotatable bonds is 13. The number of benzene rings is 2. The van der Waals surface area contributed by atoms with Crippen molar-refractivity contribution in [2.45, 2.75) is 90.4 Å². The number of carbonyl (C=O) groups is 4. The van der Waals surface area contributed by atoms with Crippen LogP contribution in [0.3, 0.4) is 0 Å². The lowest BCUT2D eigenvalue weighted by atomic mass is 10.0. The number of thiophene rings is 1. The van der Waals surface area contributed by atoms with Crippen LogP contribution in [0.4, 0.5) is 14.0 Å². The molecule has 2 aromatic carbocycles. The number of imidazole rings is 2. The van der Waals surface area contributed by atoms with Crippen LogP contribution in [0.5, 0.6) is 5.75 Å². The summed E-state index contributed by atoms with van der Waals surface area (Å²) in [4.78, 5) is 73.7. The number of fused-ring (bicyclic) bond motifs is 5. The number of hydrogen-bond acceptors (Lipinski definition) is 11. The monoisotopic (exact) mass is 949 g/mol. The highest BCUT2D eigenvalue weighted by Gasteiger charge is 2.40. The Morgan fingerprint density at radius 2 is 1.51 bits per heavy atom. The highest BCUT2D eigenvalue weighted by atomic mass is 32.1. The molecule has 19 heteroatoms. The fraction of sp³-hybridized carbons (Fsp3) is 0.429. The number of aromatic amines is 2. The average molecular weight is 950 g/mol. The zero-order chi connectivity index (χ0) is 48.0. The van der Waals surface area contributed by atoms with E-state index >= 15 is 4.39 Å². The van der Waals surface area contributed by atoms with Crippen molar-refractivity contribution in [2.24, 2.45) is 11.8 Å². The number of aromatic nitrogens is 5. The molecule has 358 valence electrons. The lowest BCUT2D eigenvalue weighted by molar-refractivity contribution is -0.136. The summed E-state index contributed by atoms with van der Waals surface area (Å²) < 4.78 is 40.8. The van der Waals surface area contributed by atoms with Crippen molar-refractivity contribution >= 4 is 46.2 Å². The SMILES string of the molecule is COCc1ccc(C2Oc3cc(-c4cnc([C@@H]5CCCN5C(=O)[C@@H](NC(=O)OC)C(C)C)[nH]4)cc(F)c3-c3cc4cc(-c5c[nH]c([C@@H]6CCCN6C(=O)[C@@H](NC(=O)OC)C(C)C)n5)ccc4n32)s1. The first kappa shape index (κ1) is 46.4. The molecule has 9 rings (SSSR count). The van der Waals surface area contributed by atoms with Crippen LogP contribution in [0.1, 0.15) is 93.1 Å². The molecule has 17 nitrogen and oxygen atoms in total. The molecule has 2 fully saturated rings. The quantitative estimate of drug-likeness (QED) is 0.0872. The minimum absolute atomic E-state index is 0.157. The molecule has 4 aromatic heterocycles. The Balaban J connectivity index is 1.03. The smallest absolute Gasteiger partial charge is 0.407 e. The summed E-state index contributed by atoms with van der Waals surface area (Å²) in [6.07, 6.45) is 4.44. The predicted octanol–water partition coefficient (Wildman–Crippen LogP) is 8.46. The number of halogens is 1. The Bertz CT molecular complexity index is 2870. The third-order valence-electron chi connectivity index (χ3n) is 13.1. The van der Waals surface area contributed by atoms with Crippen LogP contribution in [0.25, 0.3) is 44.7 Å². The first-order chi connectivity index (χ1) is 32.8. The predicted molar refractivity (Wildman–Crippen MR) is 252 cm³/mol. The molecule has 0 bridgehead atoms. The Morgan fingerprint density at radius 3 is 2.15 bits per heavy atom. The van der Waals surface area contributed by atoms with Crippen molar-refractivity contribution in [1.29, 1.82) is 0 Å². The molecule has 0 aliphatic carbocycles. The molecule has 1 unspecified atom stereocenters. The summed E-state index contributed by atoms with van der Waals surface area (Å²) >= 11 is 1.56. The normalized spacial score (nSPS) is 18.6. The summed E-state index contributed by atoms with van der Waals surface area (Å²) in [5.74, 6) is 0.347. The van der Waals surface area contributed by atoms with E-state index in [2.05, 4.69) is 25.6 Å². The maximum absolute atomic E-state index is 16.9. The maximum atomic E-state index is 16.9. The van der Waals surface area contributed by atoms with Crippen LogP contribution in [0.2, 0.25) is 0 Å². The van der Waals surface area contributed by atoms with Gasteiger partial charge in [0.2, 0.25) is 18.0 Å². The van der Waals surface area contributed by atoms with E-state index in [-0.39, 0.29) is 35.7 Å². The van der Waals surface area contributed by atoms with Gasteiger partial charge in [-0.1, -0.05) is 33.8 Å². The van der Waals surface area contributed by atoms with Crippen LogP contribution in [0, 0.1) is 17.7 Å². The van der Waals surface area contributed by atoms with Crippen molar-refractivity contribution in [2.75, 3.05) is 34.4 Å². The van der Waals surface area contributed by atoms with Crippen molar-refractivity contribution in [3.8, 4) is 39.5 Å². The molecule has 3 aliphatic rings. The number of hydrogen-bond donors (Lipinski definition) is 4. The molecule has 4 amide bonds. The van der Waals surface area contributed by atoms with E-state index in [1.54, 1.807) is 34.4 Å². The number of likely N-dealkylation sites (tertiary alicyclic amines) is 2. The Morgan fingerprint density at radius 1 is 0.853 bits per heavy atom. The molecule has 5 atom stereocenters. The fourth-order valence-electron chi connectivity index (χ4n) is 9.72. The maximum Gasteiger partial charge on any atom is 0.407 e. The summed E-state index contributed by atoms with van der Waals surface area (Å²) in [5.41, 5.74) is 4.39. The van der Waals surface area contributed by atoms with E-state index in [0.29, 0.717) is 78.1 Å². The van der Waals surface area contributed by atoms with Gasteiger partial charge in [-0.3, -0.25) is 14.2 Å². The van der Waals surface area contributed by atoms with E-state index < -0.39 is 36.3 Å². The van der Waals surface area contributed by atoms with Gasteiger partial charge in [0.1, 0.15) is 35.3 Å². The number of methoxy groups -OCH3 is 3. The van der Waals surface area contributed by atoms with Gasteiger partial charge in [0.25, 0.3) is 0 Å². The van der Waals surface area contributed by atoms with Crippen molar-refractivity contribution in [1.82, 2.24) is 44.9 Å². The first-order valence-corrected chi connectivity index (χ1v) is 23.7. The Hall–Kier alpha value is -6.73. The molecule has 7 heterocycles. The minimum atomic E-state index is -0.777. The molecule has 0 saturated carbocycles. The standard InChI is InChI=1S/C49H56FN9O8S/c1-25(2)41(55-48(62)65-6)45(60)57-16-8-10-35(57)43-51-22-32(53-43)27-12-14-34-29(18-27)20-37-40-31(50)19-28(21-38(40)67-47(59(34)37)39-15-13-30(68-39)24-64-5)33-23-52-44(54-33)36-11-9-17-58(36)46(61)42(26(3)4)56-49(63)66-7/h12-15,18-23,25-26,35-36,41-42,47H,8-11,16-17,24H2,1-7H3,(H,51,53)(H,52,54)(H,55,62)(H,56,63)/t35-,36-,41-,42-,47?/m0/s1. The van der Waals surface area contributed by atoms with Gasteiger partial charge in [-0.05, 0) is 80.0 Å². The number of ether oxygens (including phenoxy) is 4. The second kappa shape index (κ2) is 19.1. The number of nitrogens with one attached hydrogen (secondary N) is 4. The number of nitrogens with zero attached hydrogens (tertiary/aromatic N) is 5. The minimum Gasteiger partial charge on any atom is -0.464 e. The molecule has 2 saturated heterocycles. The summed E-state index contributed by atoms with van der Waals surface area (Å²) in [5, 5.41) is 6.23. The fourth-order valence-corrected chi connectivity index (χ4v) is 10.7. The van der Waals surface area contributed by atoms with E-state index in [9.17, 15) is 19.2 Å². The zero-order valence-corrected chi connectivity index (χ0v) is 39.9. The highest BCUT2D eigenvalue weighted by molar-refractivity contribution is 7.12. The van der Waals surface area contributed by atoms with Crippen LogP contribution in [-0.4, -0.2) is 105 Å². The second-order valence-corrected chi connectivity index (χ2v) is 19.4. The number of H-pyrrole nitrogens is 2. The average Bonchev–Trinajstić information content (AvgIpc) is 4.19. The lowest BCUT2D eigenvalue weighted by Gasteiger charge is -2.30. The molecule has 3 aliphatic heterocycles. The Kier molecular flexibility index (Phi) is 13.0. The topological polar surface area (TPSA) is 198 Å². The molecule has 6 aromatic rings. The second-order valence-electron chi connectivity index (χ2n) is 18.2. The van der Waals surface area contributed by atoms with E-state index in [0.717, 1.165) is 39.1 Å². The van der Waals surface area contributed by atoms with Crippen molar-refractivity contribution in [3.63, 3.8) is 0 Å². The van der Waals surface area contributed by atoms with Crippen molar-refractivity contribution in [3.05, 3.63) is 88.1 Å². The van der Waals surface area contributed by atoms with Crippen molar-refractivity contribution < 1.29 is 42.5 Å². The third-order valence-corrected chi connectivity index (χ3v) is 14.2. The Labute approximate surface area is 396 Å². The van der Waals surface area contributed by atoms with Gasteiger partial charge in [-0.25, -0.2) is 23.9 Å². The third kappa shape index (κ3) is 8.68. The summed E-state index contributed by atoms with van der Waals surface area (Å²) in [7, 11) is 4.19. The van der Waals surface area contributed by atoms with E-state index in [1.165, 1.54) is 20.3 Å². The van der Waals surface area contributed by atoms with E-state index in [1.807, 2.05) is 80.9 Å².